The molecular formula is C34H44O13. The molecule has 0 radical (unpaired) electrons. The molecule has 2 bridgehead atoms. The van der Waals surface area contributed by atoms with Crippen molar-refractivity contribution in [3.63, 3.8) is 0 Å². The fourth-order valence-electron chi connectivity index (χ4n) is 11.4. The van der Waals surface area contributed by atoms with Crippen LogP contribution in [0.2, 0.25) is 0 Å². The van der Waals surface area contributed by atoms with Crippen molar-refractivity contribution < 1.29 is 62.6 Å². The molecule has 1 aromatic heterocycles. The minimum absolute atomic E-state index is 0.0299. The molecule has 1 aromatic rings. The summed E-state index contributed by atoms with van der Waals surface area (Å²) in [5.41, 5.74) is -6.04. The summed E-state index contributed by atoms with van der Waals surface area (Å²) >= 11 is 0. The van der Waals surface area contributed by atoms with Crippen LogP contribution in [-0.2, 0) is 42.9 Å². The number of Topliss-reactive ketones (excluding diaryl/α,β-unsaturated/α-hetero) is 1. The summed E-state index contributed by atoms with van der Waals surface area (Å²) in [7, 11) is 0. The van der Waals surface area contributed by atoms with Gasteiger partial charge in [-0.15, -0.1) is 0 Å². The monoisotopic (exact) mass is 660 g/mol. The lowest BCUT2D eigenvalue weighted by molar-refractivity contribution is -0.391. The van der Waals surface area contributed by atoms with E-state index < -0.39 is 112 Å². The molecule has 6 fully saturated rings. The number of hydrogen-bond acceptors (Lipinski definition) is 13. The van der Waals surface area contributed by atoms with Crippen molar-refractivity contribution in [2.45, 2.75) is 116 Å². The van der Waals surface area contributed by atoms with Gasteiger partial charge in [-0.1, -0.05) is 27.7 Å². The molecule has 2 aliphatic heterocycles. The Kier molecular flexibility index (Phi) is 7.02. The molecule has 13 heteroatoms. The van der Waals surface area contributed by atoms with Gasteiger partial charge in [0.2, 0.25) is 6.29 Å². The van der Waals surface area contributed by atoms with E-state index in [2.05, 4.69) is 0 Å². The number of aliphatic hydroxyl groups is 3. The third-order valence-corrected chi connectivity index (χ3v) is 13.3. The van der Waals surface area contributed by atoms with Crippen LogP contribution in [0.3, 0.4) is 0 Å². The highest BCUT2D eigenvalue weighted by Crippen LogP contribution is 2.82. The van der Waals surface area contributed by atoms with Crippen molar-refractivity contribution >= 4 is 23.7 Å². The summed E-state index contributed by atoms with van der Waals surface area (Å²) in [6, 6.07) is 1.80. The first-order valence-corrected chi connectivity index (χ1v) is 16.4. The average Bonchev–Trinajstić information content (AvgIpc) is 3.35. The molecule has 7 rings (SSSR count). The fraction of sp³-hybridized carbons (Fsp3) is 0.765. The minimum Gasteiger partial charge on any atom is -0.472 e. The van der Waals surface area contributed by atoms with Crippen molar-refractivity contribution in [1.82, 2.24) is 0 Å². The molecule has 1 spiro atoms. The third kappa shape index (κ3) is 3.67. The van der Waals surface area contributed by atoms with Crippen LogP contribution >= 0.6 is 0 Å². The molecule has 4 aliphatic carbocycles. The Bertz CT molecular complexity index is 1510. The van der Waals surface area contributed by atoms with Gasteiger partial charge >= 0.3 is 17.9 Å². The van der Waals surface area contributed by atoms with Crippen molar-refractivity contribution in [1.29, 1.82) is 0 Å². The summed E-state index contributed by atoms with van der Waals surface area (Å²) in [6.45, 7) is 10.5. The van der Waals surface area contributed by atoms with Crippen molar-refractivity contribution in [2.24, 2.45) is 39.4 Å². The number of epoxide rings is 1. The molecule has 0 unspecified atom stereocenters. The first-order valence-electron chi connectivity index (χ1n) is 16.4. The van der Waals surface area contributed by atoms with Crippen LogP contribution in [0.25, 0.3) is 0 Å². The number of hydrogen-bond donors (Lipinski definition) is 3. The maximum absolute atomic E-state index is 15.0. The minimum atomic E-state index is -1.66. The number of furan rings is 1. The maximum Gasteiger partial charge on any atom is 0.310 e. The number of ketones is 1. The van der Waals surface area contributed by atoms with Crippen LogP contribution in [0.1, 0.15) is 72.8 Å². The van der Waals surface area contributed by atoms with Crippen LogP contribution in [0, 0.1) is 39.4 Å². The molecule has 3 N–H and O–H groups in total. The number of rotatable bonds is 5. The summed E-state index contributed by atoms with van der Waals surface area (Å²) in [5, 5.41) is 37.1. The van der Waals surface area contributed by atoms with Gasteiger partial charge in [0, 0.05) is 41.9 Å². The van der Waals surface area contributed by atoms with E-state index in [-0.39, 0.29) is 18.9 Å². The number of carbonyl (C=O) groups excluding carboxylic acids is 4. The maximum atomic E-state index is 15.0. The highest BCUT2D eigenvalue weighted by atomic mass is 16.7. The zero-order valence-corrected chi connectivity index (χ0v) is 27.6. The van der Waals surface area contributed by atoms with Gasteiger partial charge in [-0.25, -0.2) is 0 Å². The van der Waals surface area contributed by atoms with Gasteiger partial charge < -0.3 is 43.4 Å². The second-order valence-corrected chi connectivity index (χ2v) is 15.6. The number of esters is 3. The van der Waals surface area contributed by atoms with Crippen molar-refractivity contribution in [3.8, 4) is 0 Å². The Labute approximate surface area is 272 Å². The molecule has 2 saturated heterocycles. The molecular weight excluding hydrogens is 616 g/mol. The topological polar surface area (TPSA) is 192 Å². The van der Waals surface area contributed by atoms with E-state index in [9.17, 15) is 34.5 Å². The van der Waals surface area contributed by atoms with Gasteiger partial charge in [0.05, 0.1) is 42.7 Å². The summed E-state index contributed by atoms with van der Waals surface area (Å²) in [5.74, 6) is -5.77. The van der Waals surface area contributed by atoms with Gasteiger partial charge in [0.1, 0.15) is 17.8 Å². The van der Waals surface area contributed by atoms with E-state index in [1.807, 2.05) is 6.92 Å². The summed E-state index contributed by atoms with van der Waals surface area (Å²) in [4.78, 5) is 53.1. The van der Waals surface area contributed by atoms with Crippen LogP contribution in [0.5, 0.6) is 0 Å². The van der Waals surface area contributed by atoms with Gasteiger partial charge in [-0.2, -0.15) is 0 Å². The van der Waals surface area contributed by atoms with Gasteiger partial charge in [0.25, 0.3) is 0 Å². The Morgan fingerprint density at radius 3 is 2.26 bits per heavy atom. The third-order valence-electron chi connectivity index (χ3n) is 13.3. The van der Waals surface area contributed by atoms with Gasteiger partial charge in [-0.3, -0.25) is 19.2 Å². The molecule has 0 amide bonds. The fourth-order valence-corrected chi connectivity index (χ4v) is 11.4. The lowest BCUT2D eigenvalue weighted by Crippen LogP contribution is -2.84. The molecule has 0 aromatic carbocycles. The smallest absolute Gasteiger partial charge is 0.310 e. The summed E-state index contributed by atoms with van der Waals surface area (Å²) in [6.07, 6.45) is -5.57. The first-order chi connectivity index (χ1) is 21.9. The van der Waals surface area contributed by atoms with E-state index >= 15 is 0 Å². The molecule has 6 aliphatic rings. The quantitative estimate of drug-likeness (QED) is 0.235. The predicted octanol–water partition coefficient (Wildman–Crippen LogP) is 1.64. The molecule has 4 saturated carbocycles. The molecule has 47 heavy (non-hydrogen) atoms. The zero-order valence-electron chi connectivity index (χ0n) is 27.6. The second kappa shape index (κ2) is 10.1. The Morgan fingerprint density at radius 1 is 0.979 bits per heavy atom. The zero-order chi connectivity index (χ0) is 34.2. The second-order valence-electron chi connectivity index (χ2n) is 15.6. The van der Waals surface area contributed by atoms with E-state index in [1.54, 1.807) is 40.0 Å². The molecule has 15 atom stereocenters. The number of aliphatic hydroxyl groups excluding tert-OH is 3. The SMILES string of the molecule is CC(=O)O[C@H]1[C@@H](OC(C)=O)[C@]2(C)[C@H](OC(=O)C(C)C)OC[C@]3([C@H]4C(=O)[C@H](O)[C@@]5(C)[C@H](c6ccoc6)C[C@H]6O[C@@]65[C@]4(C)[C@H](O)C[C@@H]23)[C@H]1O. The molecule has 3 heterocycles. The van der Waals surface area contributed by atoms with E-state index in [0.717, 1.165) is 19.4 Å². The predicted molar refractivity (Wildman–Crippen MR) is 157 cm³/mol. The average molecular weight is 661 g/mol. The van der Waals surface area contributed by atoms with Crippen molar-refractivity contribution in [3.05, 3.63) is 24.2 Å². The molecule has 258 valence electrons. The lowest BCUT2D eigenvalue weighted by atomic mass is 9.33. The van der Waals surface area contributed by atoms with Crippen molar-refractivity contribution in [2.75, 3.05) is 6.61 Å². The number of carbonyl (C=O) groups is 4. The number of fused-ring (bicyclic) bond motifs is 1. The van der Waals surface area contributed by atoms with Crippen LogP contribution in [0.4, 0.5) is 0 Å². The largest absolute Gasteiger partial charge is 0.472 e. The summed E-state index contributed by atoms with van der Waals surface area (Å²) < 4.78 is 35.6. The van der Waals surface area contributed by atoms with E-state index in [0.29, 0.717) is 6.42 Å². The normalized spacial score (nSPS) is 50.8. The standard InChI is InChI=1S/C34H44O13/c1-14(2)28(41)46-29-30(5)19-11-20(37)32(7)24(33(19,13-43-29)26(40)23(44-15(3)35)27(30)45-16(4)36)22(38)25(39)31(6)18(17-8-9-42-12-17)10-21-34(31,32)47-21/h8-9,12,14,18-21,23-27,29,37,39-40H,10-11,13H2,1-7H3/t18-,19-,20+,21+,23+,24-,25-,26-,27+,29-,30+,31+,32+,33-,34-/m0/s1. The number of ether oxygens (including phenoxy) is 5. The van der Waals surface area contributed by atoms with E-state index in [4.69, 9.17) is 28.1 Å². The Hall–Kier alpha value is -2.84. The Morgan fingerprint density at radius 2 is 1.66 bits per heavy atom. The lowest BCUT2D eigenvalue weighted by Gasteiger charge is -2.73. The highest BCUT2D eigenvalue weighted by Gasteiger charge is 2.92. The van der Waals surface area contributed by atoms with Crippen LogP contribution in [0.15, 0.2) is 23.0 Å². The van der Waals surface area contributed by atoms with Gasteiger partial charge in [0.15, 0.2) is 18.0 Å². The highest BCUT2D eigenvalue weighted by molar-refractivity contribution is 5.91. The Balaban J connectivity index is 1.43. The first kappa shape index (κ1) is 32.7. The van der Waals surface area contributed by atoms with Crippen LogP contribution < -0.4 is 0 Å². The van der Waals surface area contributed by atoms with Gasteiger partial charge in [-0.05, 0) is 37.3 Å². The van der Waals surface area contributed by atoms with E-state index in [1.165, 1.54) is 6.26 Å². The van der Waals surface area contributed by atoms with Crippen LogP contribution in [-0.4, -0.2) is 94.1 Å². The molecule has 13 nitrogen and oxygen atoms in total.